The van der Waals surface area contributed by atoms with Gasteiger partial charge in [0.1, 0.15) is 0 Å². The number of hydrogen-bond donors (Lipinski definition) is 1. The Morgan fingerprint density at radius 1 is 1.38 bits per heavy atom. The Kier molecular flexibility index (Phi) is 4.32. The van der Waals surface area contributed by atoms with Crippen molar-refractivity contribution in [2.45, 2.75) is 17.9 Å². The number of benzene rings is 1. The van der Waals surface area contributed by atoms with Gasteiger partial charge < -0.3 is 5.11 Å². The Hall–Kier alpha value is -0.620. The Bertz CT molecular complexity index is 444. The highest BCUT2D eigenvalue weighted by atomic mass is 35.5. The maximum atomic E-state index is 12.0. The van der Waals surface area contributed by atoms with Crippen LogP contribution in [-0.2, 0) is 10.0 Å². The van der Waals surface area contributed by atoms with Gasteiger partial charge in [-0.05, 0) is 31.2 Å². The average Bonchev–Trinajstić information content (AvgIpc) is 2.27. The van der Waals surface area contributed by atoms with Gasteiger partial charge in [-0.2, -0.15) is 4.31 Å². The molecule has 16 heavy (non-hydrogen) atoms. The second-order valence-electron chi connectivity index (χ2n) is 3.51. The van der Waals surface area contributed by atoms with Gasteiger partial charge in [0.25, 0.3) is 0 Å². The fourth-order valence-electron chi connectivity index (χ4n) is 1.12. The van der Waals surface area contributed by atoms with Crippen LogP contribution >= 0.6 is 11.6 Å². The van der Waals surface area contributed by atoms with E-state index in [1.807, 2.05) is 0 Å². The van der Waals surface area contributed by atoms with Gasteiger partial charge in [0.05, 0.1) is 11.5 Å². The fraction of sp³-hybridized carbons (Fsp3) is 0.400. The van der Waals surface area contributed by atoms with Crippen LogP contribution in [-0.4, -0.2) is 37.5 Å². The molecule has 1 rings (SSSR count). The second-order valence-corrected chi connectivity index (χ2v) is 5.94. The van der Waals surface area contributed by atoms with Gasteiger partial charge in [-0.15, -0.1) is 0 Å². The highest BCUT2D eigenvalue weighted by molar-refractivity contribution is 7.89. The SMILES string of the molecule is CC(CO)N(C)S(=O)(=O)c1ccc(Cl)cc1. The number of sulfonamides is 1. The van der Waals surface area contributed by atoms with E-state index in [0.29, 0.717) is 5.02 Å². The van der Waals surface area contributed by atoms with Gasteiger partial charge in [0, 0.05) is 18.1 Å². The molecule has 0 saturated carbocycles. The lowest BCUT2D eigenvalue weighted by atomic mass is 10.4. The molecule has 0 fully saturated rings. The molecule has 0 aromatic heterocycles. The summed E-state index contributed by atoms with van der Waals surface area (Å²) in [5.74, 6) is 0. The van der Waals surface area contributed by atoms with E-state index in [1.165, 1.54) is 31.3 Å². The molecule has 1 aromatic carbocycles. The maximum absolute atomic E-state index is 12.0. The molecule has 0 heterocycles. The summed E-state index contributed by atoms with van der Waals surface area (Å²) < 4.78 is 25.2. The molecule has 0 spiro atoms. The molecule has 0 aliphatic rings. The number of aliphatic hydroxyl groups excluding tert-OH is 1. The van der Waals surface area contributed by atoms with Crippen molar-refractivity contribution < 1.29 is 13.5 Å². The van der Waals surface area contributed by atoms with E-state index in [1.54, 1.807) is 6.92 Å². The third kappa shape index (κ3) is 2.74. The summed E-state index contributed by atoms with van der Waals surface area (Å²) in [6.07, 6.45) is 0. The first-order chi connectivity index (χ1) is 7.39. The Morgan fingerprint density at radius 2 is 1.88 bits per heavy atom. The Labute approximate surface area is 101 Å². The second kappa shape index (κ2) is 5.14. The highest BCUT2D eigenvalue weighted by Crippen LogP contribution is 2.18. The van der Waals surface area contributed by atoms with Crippen molar-refractivity contribution in [3.05, 3.63) is 29.3 Å². The van der Waals surface area contributed by atoms with E-state index in [4.69, 9.17) is 16.7 Å². The van der Waals surface area contributed by atoms with Crippen molar-refractivity contribution in [1.29, 1.82) is 0 Å². The van der Waals surface area contributed by atoms with E-state index in [-0.39, 0.29) is 11.5 Å². The van der Waals surface area contributed by atoms with Crippen LogP contribution < -0.4 is 0 Å². The largest absolute Gasteiger partial charge is 0.395 e. The first kappa shape index (κ1) is 13.4. The van der Waals surface area contributed by atoms with Crippen LogP contribution in [0, 0.1) is 0 Å². The molecule has 0 aliphatic heterocycles. The zero-order valence-corrected chi connectivity index (χ0v) is 10.7. The van der Waals surface area contributed by atoms with E-state index in [0.717, 1.165) is 4.31 Å². The topological polar surface area (TPSA) is 57.6 Å². The first-order valence-corrected chi connectivity index (χ1v) is 6.56. The van der Waals surface area contributed by atoms with Crippen molar-refractivity contribution in [3.63, 3.8) is 0 Å². The van der Waals surface area contributed by atoms with Gasteiger partial charge in [-0.25, -0.2) is 8.42 Å². The predicted molar refractivity (Wildman–Crippen MR) is 62.9 cm³/mol. The lowest BCUT2D eigenvalue weighted by molar-refractivity contribution is 0.214. The minimum atomic E-state index is -3.55. The lowest BCUT2D eigenvalue weighted by Crippen LogP contribution is -2.37. The van der Waals surface area contributed by atoms with Crippen LogP contribution in [0.3, 0.4) is 0 Å². The molecule has 1 N–H and O–H groups in total. The summed E-state index contributed by atoms with van der Waals surface area (Å²) >= 11 is 5.68. The van der Waals surface area contributed by atoms with E-state index >= 15 is 0 Å². The monoisotopic (exact) mass is 263 g/mol. The smallest absolute Gasteiger partial charge is 0.243 e. The molecule has 0 bridgehead atoms. The van der Waals surface area contributed by atoms with Gasteiger partial charge >= 0.3 is 0 Å². The molecule has 0 amide bonds. The lowest BCUT2D eigenvalue weighted by Gasteiger charge is -2.22. The van der Waals surface area contributed by atoms with Crippen LogP contribution in [0.15, 0.2) is 29.2 Å². The first-order valence-electron chi connectivity index (χ1n) is 4.74. The van der Waals surface area contributed by atoms with Crippen LogP contribution in [0.1, 0.15) is 6.92 Å². The Morgan fingerprint density at radius 3 is 2.31 bits per heavy atom. The van der Waals surface area contributed by atoms with Crippen LogP contribution in [0.25, 0.3) is 0 Å². The molecule has 6 heteroatoms. The summed E-state index contributed by atoms with van der Waals surface area (Å²) in [7, 11) is -2.12. The third-order valence-electron chi connectivity index (χ3n) is 2.38. The molecule has 1 atom stereocenters. The molecule has 4 nitrogen and oxygen atoms in total. The zero-order chi connectivity index (χ0) is 12.3. The van der Waals surface area contributed by atoms with Gasteiger partial charge in [-0.1, -0.05) is 11.6 Å². The molecule has 1 unspecified atom stereocenters. The van der Waals surface area contributed by atoms with Crippen LogP contribution in [0.5, 0.6) is 0 Å². The molecule has 1 aromatic rings. The minimum Gasteiger partial charge on any atom is -0.395 e. The summed E-state index contributed by atoms with van der Waals surface area (Å²) in [6, 6.07) is 5.47. The average molecular weight is 264 g/mol. The molecular weight excluding hydrogens is 250 g/mol. The molecule has 90 valence electrons. The van der Waals surface area contributed by atoms with Gasteiger partial charge in [0.2, 0.25) is 10.0 Å². The van der Waals surface area contributed by atoms with E-state index < -0.39 is 16.1 Å². The summed E-state index contributed by atoms with van der Waals surface area (Å²) in [5, 5.41) is 9.42. The van der Waals surface area contributed by atoms with E-state index in [9.17, 15) is 8.42 Å². The van der Waals surface area contributed by atoms with Gasteiger partial charge in [-0.3, -0.25) is 0 Å². The fourth-order valence-corrected chi connectivity index (χ4v) is 2.60. The van der Waals surface area contributed by atoms with Crippen molar-refractivity contribution in [3.8, 4) is 0 Å². The number of halogens is 1. The standard InChI is InChI=1S/C10H14ClNO3S/c1-8(7-13)12(2)16(14,15)10-5-3-9(11)4-6-10/h3-6,8,13H,7H2,1-2H3. The van der Waals surface area contributed by atoms with Crippen LogP contribution in [0.4, 0.5) is 0 Å². The van der Waals surface area contributed by atoms with Crippen molar-refractivity contribution in [1.82, 2.24) is 4.31 Å². The van der Waals surface area contributed by atoms with Crippen molar-refractivity contribution >= 4 is 21.6 Å². The summed E-state index contributed by atoms with van der Waals surface area (Å²) in [4.78, 5) is 0.166. The zero-order valence-electron chi connectivity index (χ0n) is 9.09. The molecule has 0 saturated heterocycles. The van der Waals surface area contributed by atoms with Crippen molar-refractivity contribution in [2.75, 3.05) is 13.7 Å². The number of rotatable bonds is 4. The summed E-state index contributed by atoms with van der Waals surface area (Å²) in [6.45, 7) is 1.41. The number of aliphatic hydroxyl groups is 1. The maximum Gasteiger partial charge on any atom is 0.243 e. The van der Waals surface area contributed by atoms with Gasteiger partial charge in [0.15, 0.2) is 0 Å². The predicted octanol–water partition coefficient (Wildman–Crippen LogP) is 1.34. The van der Waals surface area contributed by atoms with Crippen LogP contribution in [0.2, 0.25) is 5.02 Å². The van der Waals surface area contributed by atoms with E-state index in [2.05, 4.69) is 0 Å². The third-order valence-corrected chi connectivity index (χ3v) is 4.61. The van der Waals surface area contributed by atoms with Crippen molar-refractivity contribution in [2.24, 2.45) is 0 Å². The number of hydrogen-bond acceptors (Lipinski definition) is 3. The quantitative estimate of drug-likeness (QED) is 0.892. The minimum absolute atomic E-state index is 0.166. The number of likely N-dealkylation sites (N-methyl/N-ethyl adjacent to an activating group) is 1. The highest BCUT2D eigenvalue weighted by Gasteiger charge is 2.24. The molecule has 0 radical (unpaired) electrons. The Balaban J connectivity index is 3.07. The normalized spacial score (nSPS) is 14.1. The summed E-state index contributed by atoms with van der Waals surface area (Å²) in [5.41, 5.74) is 0. The number of nitrogens with zero attached hydrogens (tertiary/aromatic N) is 1. The molecular formula is C10H14ClNO3S. The molecule has 0 aliphatic carbocycles.